The summed E-state index contributed by atoms with van der Waals surface area (Å²) in [6, 6.07) is 7.64. The smallest absolute Gasteiger partial charge is 0.365 e. The van der Waals surface area contributed by atoms with Crippen molar-refractivity contribution in [2.75, 3.05) is 5.32 Å². The molecule has 0 saturated heterocycles. The van der Waals surface area contributed by atoms with Gasteiger partial charge < -0.3 is 16.4 Å². The molecule has 2 aromatic rings. The van der Waals surface area contributed by atoms with Gasteiger partial charge in [-0.05, 0) is 50.2 Å². The molecule has 0 aliphatic heterocycles. The Morgan fingerprint density at radius 2 is 1.89 bits per heavy atom. The first-order chi connectivity index (χ1) is 16.6. The van der Waals surface area contributed by atoms with E-state index in [0.717, 1.165) is 18.9 Å². The second-order valence-corrected chi connectivity index (χ2v) is 9.33. The molecule has 0 radical (unpaired) electrons. The lowest BCUT2D eigenvalue weighted by Crippen LogP contribution is -2.43. The molecule has 1 aromatic carbocycles. The molecule has 1 aromatic heterocycles. The van der Waals surface area contributed by atoms with E-state index < -0.39 is 23.2 Å². The van der Waals surface area contributed by atoms with Gasteiger partial charge in [0.25, 0.3) is 5.91 Å². The highest BCUT2D eigenvalue weighted by Gasteiger charge is 2.40. The molecule has 2 saturated carbocycles. The van der Waals surface area contributed by atoms with Gasteiger partial charge in [-0.15, -0.1) is 0 Å². The van der Waals surface area contributed by atoms with Gasteiger partial charge in [0.05, 0.1) is 23.6 Å². The van der Waals surface area contributed by atoms with Gasteiger partial charge in [-0.3, -0.25) is 14.3 Å². The first kappa shape index (κ1) is 24.7. The van der Waals surface area contributed by atoms with E-state index in [1.165, 1.54) is 18.3 Å². The quantitative estimate of drug-likeness (QED) is 0.523. The van der Waals surface area contributed by atoms with Gasteiger partial charge in [-0.2, -0.15) is 23.5 Å². The fourth-order valence-electron chi connectivity index (χ4n) is 4.65. The van der Waals surface area contributed by atoms with Crippen molar-refractivity contribution in [1.29, 1.82) is 5.26 Å². The average molecular weight is 489 g/mol. The van der Waals surface area contributed by atoms with Gasteiger partial charge in [0.1, 0.15) is 5.56 Å². The SMILES string of the molecule is N#CC[C@]1(n2cc(C(N)=O)c(NC(=O)C3CC3)n2)CC[C@H](NCc2ccccc2C(F)(F)F)CC1. The molecule has 1 heterocycles. The van der Waals surface area contributed by atoms with Crippen molar-refractivity contribution in [1.82, 2.24) is 15.1 Å². The number of primary amides is 1. The number of alkyl halides is 3. The van der Waals surface area contributed by atoms with Crippen LogP contribution in [0.5, 0.6) is 0 Å². The Hall–Kier alpha value is -3.39. The summed E-state index contributed by atoms with van der Waals surface area (Å²) in [5, 5.41) is 19.8. The van der Waals surface area contributed by atoms with Crippen LogP contribution in [0.2, 0.25) is 0 Å². The maximum atomic E-state index is 13.3. The Morgan fingerprint density at radius 1 is 1.20 bits per heavy atom. The fraction of sp³-hybridized carbons (Fsp3) is 0.500. The third kappa shape index (κ3) is 5.48. The Labute approximate surface area is 200 Å². The number of anilines is 1. The lowest BCUT2D eigenvalue weighted by atomic mass is 9.77. The molecule has 0 atom stereocenters. The number of nitrogens with two attached hydrogens (primary N) is 1. The number of nitriles is 1. The molecule has 186 valence electrons. The third-order valence-electron chi connectivity index (χ3n) is 6.88. The van der Waals surface area contributed by atoms with E-state index in [1.54, 1.807) is 10.7 Å². The van der Waals surface area contributed by atoms with Crippen LogP contribution in [0.3, 0.4) is 0 Å². The Morgan fingerprint density at radius 3 is 2.49 bits per heavy atom. The summed E-state index contributed by atoms with van der Waals surface area (Å²) in [5.74, 6) is -0.930. The van der Waals surface area contributed by atoms with E-state index in [0.29, 0.717) is 25.7 Å². The van der Waals surface area contributed by atoms with E-state index in [9.17, 15) is 28.0 Å². The Bertz CT molecular complexity index is 1140. The monoisotopic (exact) mass is 488 g/mol. The van der Waals surface area contributed by atoms with Crippen LogP contribution in [0, 0.1) is 17.2 Å². The number of carbonyl (C=O) groups is 2. The highest BCUT2D eigenvalue weighted by Crippen LogP contribution is 2.39. The largest absolute Gasteiger partial charge is 0.416 e. The van der Waals surface area contributed by atoms with Crippen molar-refractivity contribution in [3.63, 3.8) is 0 Å². The first-order valence-electron chi connectivity index (χ1n) is 11.6. The van der Waals surface area contributed by atoms with Crippen molar-refractivity contribution in [3.8, 4) is 6.07 Å². The number of amides is 2. The van der Waals surface area contributed by atoms with Crippen molar-refractivity contribution in [2.45, 2.75) is 69.2 Å². The molecular weight excluding hydrogens is 461 g/mol. The number of rotatable bonds is 8. The topological polar surface area (TPSA) is 126 Å². The van der Waals surface area contributed by atoms with Gasteiger partial charge in [0.2, 0.25) is 5.91 Å². The molecule has 0 unspecified atom stereocenters. The predicted molar refractivity (Wildman–Crippen MR) is 121 cm³/mol. The number of hydrogen-bond donors (Lipinski definition) is 3. The summed E-state index contributed by atoms with van der Waals surface area (Å²) in [7, 11) is 0. The van der Waals surface area contributed by atoms with E-state index in [1.807, 2.05) is 0 Å². The highest BCUT2D eigenvalue weighted by molar-refractivity contribution is 6.02. The summed E-state index contributed by atoms with van der Waals surface area (Å²) in [6.45, 7) is 0.0799. The highest BCUT2D eigenvalue weighted by atomic mass is 19.4. The molecule has 0 spiro atoms. The van der Waals surface area contributed by atoms with Crippen LogP contribution < -0.4 is 16.4 Å². The normalized spacial score (nSPS) is 22.4. The maximum Gasteiger partial charge on any atom is 0.416 e. The molecule has 11 heteroatoms. The van der Waals surface area contributed by atoms with Crippen LogP contribution in [0.4, 0.5) is 19.0 Å². The van der Waals surface area contributed by atoms with E-state index >= 15 is 0 Å². The first-order valence-corrected chi connectivity index (χ1v) is 11.6. The Kier molecular flexibility index (Phi) is 6.85. The summed E-state index contributed by atoms with van der Waals surface area (Å²) in [5.41, 5.74) is 4.41. The summed E-state index contributed by atoms with van der Waals surface area (Å²) >= 11 is 0. The molecule has 0 bridgehead atoms. The Balaban J connectivity index is 1.46. The minimum absolute atomic E-state index is 0.0386. The van der Waals surface area contributed by atoms with Crippen molar-refractivity contribution in [2.24, 2.45) is 11.7 Å². The number of benzene rings is 1. The molecule has 2 aliphatic carbocycles. The molecule has 2 amide bonds. The number of halogens is 3. The van der Waals surface area contributed by atoms with Crippen molar-refractivity contribution < 1.29 is 22.8 Å². The van der Waals surface area contributed by atoms with Crippen LogP contribution in [0.1, 0.15) is 66.4 Å². The lowest BCUT2D eigenvalue weighted by Gasteiger charge is -2.39. The average Bonchev–Trinajstić information content (AvgIpc) is 3.58. The minimum atomic E-state index is -4.42. The van der Waals surface area contributed by atoms with Gasteiger partial charge in [0.15, 0.2) is 5.82 Å². The minimum Gasteiger partial charge on any atom is -0.365 e. The van der Waals surface area contributed by atoms with Crippen molar-refractivity contribution in [3.05, 3.63) is 47.2 Å². The van der Waals surface area contributed by atoms with Crippen LogP contribution in [0.15, 0.2) is 30.5 Å². The fourth-order valence-corrected chi connectivity index (χ4v) is 4.65. The number of carbonyl (C=O) groups excluding carboxylic acids is 2. The second kappa shape index (κ2) is 9.70. The van der Waals surface area contributed by atoms with Gasteiger partial charge in [0, 0.05) is 24.7 Å². The standard InChI is InChI=1S/C24H27F3N6O2/c25-24(26,27)19-4-2-1-3-16(19)13-30-17-7-9-23(10-8-17,11-12-28)33-14-18(20(29)34)21(32-33)31-22(35)15-5-6-15/h1-4,14-15,17,30H,5-11,13H2,(H2,29,34)(H,31,32,35)/t17-,23-. The number of aromatic nitrogens is 2. The zero-order chi connectivity index (χ0) is 25.2. The lowest BCUT2D eigenvalue weighted by molar-refractivity contribution is -0.138. The molecule has 2 aliphatic rings. The van der Waals surface area contributed by atoms with E-state index in [2.05, 4.69) is 21.8 Å². The predicted octanol–water partition coefficient (Wildman–Crippen LogP) is 3.69. The van der Waals surface area contributed by atoms with Crippen LogP contribution >= 0.6 is 0 Å². The van der Waals surface area contributed by atoms with Crippen LogP contribution in [0.25, 0.3) is 0 Å². The number of nitrogens with one attached hydrogen (secondary N) is 2. The molecule has 4 rings (SSSR count). The number of hydrogen-bond acceptors (Lipinski definition) is 5. The molecular formula is C24H27F3N6O2. The second-order valence-electron chi connectivity index (χ2n) is 9.33. The third-order valence-corrected chi connectivity index (χ3v) is 6.88. The molecule has 35 heavy (non-hydrogen) atoms. The van der Waals surface area contributed by atoms with Gasteiger partial charge >= 0.3 is 6.18 Å². The van der Waals surface area contributed by atoms with Crippen LogP contribution in [-0.2, 0) is 23.1 Å². The van der Waals surface area contributed by atoms with Gasteiger partial charge in [-0.25, -0.2) is 0 Å². The van der Waals surface area contributed by atoms with Crippen LogP contribution in [-0.4, -0.2) is 27.6 Å². The zero-order valence-electron chi connectivity index (χ0n) is 19.1. The zero-order valence-corrected chi connectivity index (χ0v) is 19.1. The van der Waals surface area contributed by atoms with Crippen molar-refractivity contribution >= 4 is 17.6 Å². The summed E-state index contributed by atoms with van der Waals surface area (Å²) < 4.78 is 41.4. The van der Waals surface area contributed by atoms with Gasteiger partial charge in [-0.1, -0.05) is 18.2 Å². The van der Waals surface area contributed by atoms with E-state index in [4.69, 9.17) is 5.73 Å². The number of nitrogens with zero attached hydrogens (tertiary/aromatic N) is 3. The molecule has 4 N–H and O–H groups in total. The van der Waals surface area contributed by atoms with E-state index in [-0.39, 0.29) is 47.8 Å². The summed E-state index contributed by atoms with van der Waals surface area (Å²) in [6.07, 6.45) is 1.03. The maximum absolute atomic E-state index is 13.3. The molecule has 8 nitrogen and oxygen atoms in total. The molecule has 2 fully saturated rings. The summed E-state index contributed by atoms with van der Waals surface area (Å²) in [4.78, 5) is 24.2.